The minimum absolute atomic E-state index is 0. The van der Waals surface area contributed by atoms with E-state index in [9.17, 15) is 9.59 Å². The Hall–Kier alpha value is -2.38. The highest BCUT2D eigenvalue weighted by molar-refractivity contribution is 5.85. The first-order chi connectivity index (χ1) is 13.6. The average Bonchev–Trinajstić information content (AvgIpc) is 3.13. The molecule has 2 heterocycles. The Bertz CT molecular complexity index is 858. The summed E-state index contributed by atoms with van der Waals surface area (Å²) in [4.78, 5) is 24.2. The van der Waals surface area contributed by atoms with E-state index in [2.05, 4.69) is 33.2 Å². The highest BCUT2D eigenvalue weighted by Gasteiger charge is 2.33. The van der Waals surface area contributed by atoms with Crippen LogP contribution in [0.25, 0.3) is 0 Å². The van der Waals surface area contributed by atoms with Gasteiger partial charge in [-0.25, -0.2) is 0 Å². The van der Waals surface area contributed by atoms with E-state index in [-0.39, 0.29) is 36.3 Å². The zero-order valence-electron chi connectivity index (χ0n) is 16.6. The fraction of sp³-hybridized carbons (Fsp3) is 0.476. The molecule has 0 saturated heterocycles. The lowest BCUT2D eigenvalue weighted by Crippen LogP contribution is -2.43. The predicted octanol–water partition coefficient (Wildman–Crippen LogP) is 1.65. The number of rotatable bonds is 5. The van der Waals surface area contributed by atoms with Crippen LogP contribution in [0.4, 0.5) is 0 Å². The quantitative estimate of drug-likeness (QED) is 0.690. The Kier molecular flexibility index (Phi) is 6.92. The van der Waals surface area contributed by atoms with E-state index in [1.165, 1.54) is 18.2 Å². The molecule has 7 nitrogen and oxygen atoms in total. The first kappa shape index (κ1) is 21.3. The molecule has 4 rings (SSSR count). The lowest BCUT2D eigenvalue weighted by atomic mass is 10.1. The van der Waals surface area contributed by atoms with Crippen LogP contribution in [0.15, 0.2) is 30.3 Å². The second kappa shape index (κ2) is 9.41. The van der Waals surface area contributed by atoms with Gasteiger partial charge in [-0.05, 0) is 36.6 Å². The van der Waals surface area contributed by atoms with Gasteiger partial charge in [0.1, 0.15) is 0 Å². The maximum atomic E-state index is 12.6. The van der Waals surface area contributed by atoms with Gasteiger partial charge in [0.15, 0.2) is 0 Å². The van der Waals surface area contributed by atoms with Crippen LogP contribution >= 0.6 is 12.4 Å². The van der Waals surface area contributed by atoms with Crippen molar-refractivity contribution >= 4 is 24.2 Å². The van der Waals surface area contributed by atoms with Crippen LogP contribution < -0.4 is 16.0 Å². The molecule has 0 radical (unpaired) electrons. The van der Waals surface area contributed by atoms with Gasteiger partial charge in [0.2, 0.25) is 11.8 Å². The van der Waals surface area contributed by atoms with Crippen LogP contribution in [0.1, 0.15) is 48.3 Å². The Morgan fingerprint density at radius 3 is 2.93 bits per heavy atom. The molecule has 2 amide bonds. The van der Waals surface area contributed by atoms with Crippen LogP contribution in [0.5, 0.6) is 0 Å². The van der Waals surface area contributed by atoms with Gasteiger partial charge in [-0.3, -0.25) is 14.3 Å². The number of hydrogen-bond acceptors (Lipinski definition) is 4. The highest BCUT2D eigenvalue weighted by Crippen LogP contribution is 2.31. The Labute approximate surface area is 177 Å². The Morgan fingerprint density at radius 1 is 1.28 bits per heavy atom. The molecule has 2 atom stereocenters. The summed E-state index contributed by atoms with van der Waals surface area (Å²) in [6.07, 6.45) is 2.81. The zero-order chi connectivity index (χ0) is 19.5. The van der Waals surface area contributed by atoms with E-state index in [4.69, 9.17) is 0 Å². The second-order valence-corrected chi connectivity index (χ2v) is 7.64. The van der Waals surface area contributed by atoms with Gasteiger partial charge in [-0.1, -0.05) is 24.3 Å². The maximum Gasteiger partial charge on any atom is 0.220 e. The van der Waals surface area contributed by atoms with Gasteiger partial charge in [-0.2, -0.15) is 5.10 Å². The molecular weight excluding hydrogens is 390 g/mol. The standard InChI is InChI=1S/C21H27N5O2.ClH/c1-14(27)23-19-11-15-5-2-3-6-18(15)21(19)24-20(28)8-7-16-12-17-13-22-9-4-10-26(17)25-16;/h2-3,5-6,12,19,21-22H,4,7-11,13H2,1H3,(H,23,27)(H,24,28);1H/t19-,21-;/m1./s1. The molecule has 8 heteroatoms. The molecule has 0 spiro atoms. The SMILES string of the molecule is CC(=O)N[C@@H]1Cc2ccccc2[C@H]1NC(=O)CCc1cc2n(n1)CCCNC2.Cl. The average molecular weight is 418 g/mol. The molecule has 0 fully saturated rings. The molecule has 1 aromatic heterocycles. The number of benzene rings is 1. The second-order valence-electron chi connectivity index (χ2n) is 7.64. The number of carbonyl (C=O) groups is 2. The van der Waals surface area contributed by atoms with Crippen molar-refractivity contribution in [3.63, 3.8) is 0 Å². The third kappa shape index (κ3) is 4.97. The number of halogens is 1. The molecule has 3 N–H and O–H groups in total. The molecule has 1 aliphatic carbocycles. The smallest absolute Gasteiger partial charge is 0.220 e. The van der Waals surface area contributed by atoms with Crippen LogP contribution in [-0.2, 0) is 35.5 Å². The zero-order valence-corrected chi connectivity index (χ0v) is 17.4. The van der Waals surface area contributed by atoms with Crippen molar-refractivity contribution in [3.8, 4) is 0 Å². The fourth-order valence-electron chi connectivity index (χ4n) is 4.20. The summed E-state index contributed by atoms with van der Waals surface area (Å²) >= 11 is 0. The van der Waals surface area contributed by atoms with Gasteiger partial charge < -0.3 is 16.0 Å². The Balaban J connectivity index is 0.00000240. The number of amides is 2. The topological polar surface area (TPSA) is 88.1 Å². The molecule has 1 aliphatic heterocycles. The van der Waals surface area contributed by atoms with Crippen molar-refractivity contribution in [2.45, 2.75) is 57.8 Å². The normalized spacial score (nSPS) is 20.0. The molecule has 0 saturated carbocycles. The van der Waals surface area contributed by atoms with E-state index < -0.39 is 0 Å². The minimum Gasteiger partial charge on any atom is -0.351 e. The van der Waals surface area contributed by atoms with Crippen LogP contribution in [0, 0.1) is 0 Å². The summed E-state index contributed by atoms with van der Waals surface area (Å²) in [7, 11) is 0. The van der Waals surface area contributed by atoms with Crippen molar-refractivity contribution in [3.05, 3.63) is 52.8 Å². The van der Waals surface area contributed by atoms with E-state index in [0.29, 0.717) is 12.8 Å². The van der Waals surface area contributed by atoms with Crippen LogP contribution in [-0.4, -0.2) is 34.2 Å². The number of fused-ring (bicyclic) bond motifs is 2. The van der Waals surface area contributed by atoms with Crippen molar-refractivity contribution in [1.82, 2.24) is 25.7 Å². The largest absolute Gasteiger partial charge is 0.351 e. The number of carbonyl (C=O) groups excluding carboxylic acids is 2. The predicted molar refractivity (Wildman–Crippen MR) is 113 cm³/mol. The van der Waals surface area contributed by atoms with Gasteiger partial charge in [0.25, 0.3) is 0 Å². The van der Waals surface area contributed by atoms with Crippen molar-refractivity contribution in [2.24, 2.45) is 0 Å². The van der Waals surface area contributed by atoms with Crippen molar-refractivity contribution in [2.75, 3.05) is 6.54 Å². The van der Waals surface area contributed by atoms with Gasteiger partial charge >= 0.3 is 0 Å². The van der Waals surface area contributed by atoms with Gasteiger partial charge in [0, 0.05) is 32.9 Å². The van der Waals surface area contributed by atoms with Crippen LogP contribution in [0.3, 0.4) is 0 Å². The van der Waals surface area contributed by atoms with E-state index in [1.807, 2.05) is 22.9 Å². The molecule has 0 bridgehead atoms. The van der Waals surface area contributed by atoms with Gasteiger partial charge in [-0.15, -0.1) is 12.4 Å². The molecule has 0 unspecified atom stereocenters. The summed E-state index contributed by atoms with van der Waals surface area (Å²) in [6.45, 7) is 4.28. The van der Waals surface area contributed by atoms with E-state index in [1.54, 1.807) is 0 Å². The third-order valence-corrected chi connectivity index (χ3v) is 5.49. The minimum atomic E-state index is -0.185. The Morgan fingerprint density at radius 2 is 2.10 bits per heavy atom. The summed E-state index contributed by atoms with van der Waals surface area (Å²) < 4.78 is 2.05. The summed E-state index contributed by atoms with van der Waals surface area (Å²) in [5, 5.41) is 14.1. The first-order valence-electron chi connectivity index (χ1n) is 10.0. The van der Waals surface area contributed by atoms with Crippen molar-refractivity contribution in [1.29, 1.82) is 0 Å². The van der Waals surface area contributed by atoms with Crippen LogP contribution in [0.2, 0.25) is 0 Å². The molecule has 29 heavy (non-hydrogen) atoms. The molecular formula is C21H28ClN5O2. The molecule has 1 aromatic carbocycles. The lowest BCUT2D eigenvalue weighted by molar-refractivity contribution is -0.123. The molecule has 2 aliphatic rings. The third-order valence-electron chi connectivity index (χ3n) is 5.49. The number of nitrogens with zero attached hydrogens (tertiary/aromatic N) is 2. The fourth-order valence-corrected chi connectivity index (χ4v) is 4.20. The summed E-state index contributed by atoms with van der Waals surface area (Å²) in [6, 6.07) is 9.86. The number of nitrogens with one attached hydrogen (secondary N) is 3. The highest BCUT2D eigenvalue weighted by atomic mass is 35.5. The number of hydrogen-bond donors (Lipinski definition) is 3. The summed E-state index contributed by atoms with van der Waals surface area (Å²) in [5.74, 6) is -0.0939. The van der Waals surface area contributed by atoms with E-state index in [0.717, 1.165) is 43.7 Å². The van der Waals surface area contributed by atoms with Gasteiger partial charge in [0.05, 0.1) is 23.5 Å². The van der Waals surface area contributed by atoms with Crippen molar-refractivity contribution < 1.29 is 9.59 Å². The maximum absolute atomic E-state index is 12.6. The van der Waals surface area contributed by atoms with E-state index >= 15 is 0 Å². The monoisotopic (exact) mass is 417 g/mol. The molecule has 2 aromatic rings. The first-order valence-corrected chi connectivity index (χ1v) is 10.0. The number of aryl methyl sites for hydroxylation is 2. The molecule has 156 valence electrons. The number of aromatic nitrogens is 2. The summed E-state index contributed by atoms with van der Waals surface area (Å²) in [5.41, 5.74) is 4.41. The lowest BCUT2D eigenvalue weighted by Gasteiger charge is -2.22.